The molecule has 5 heteroatoms. The molecule has 2 unspecified atom stereocenters. The highest BCUT2D eigenvalue weighted by Gasteiger charge is 2.72. The van der Waals surface area contributed by atoms with Gasteiger partial charge in [0.15, 0.2) is 0 Å². The fourth-order valence-corrected chi connectivity index (χ4v) is 6.29. The molecule has 2 aliphatic heterocycles. The third kappa shape index (κ3) is 1.73. The van der Waals surface area contributed by atoms with Crippen LogP contribution in [0.25, 0.3) is 0 Å². The Morgan fingerprint density at radius 1 is 1.36 bits per heavy atom. The molecule has 25 heavy (non-hydrogen) atoms. The van der Waals surface area contributed by atoms with Gasteiger partial charge in [0, 0.05) is 23.8 Å². The summed E-state index contributed by atoms with van der Waals surface area (Å²) < 4.78 is 12.6. The van der Waals surface area contributed by atoms with Crippen molar-refractivity contribution < 1.29 is 19.7 Å². The highest BCUT2D eigenvalue weighted by atomic mass is 16.5. The van der Waals surface area contributed by atoms with Gasteiger partial charge < -0.3 is 24.6 Å². The van der Waals surface area contributed by atoms with Crippen molar-refractivity contribution in [2.45, 2.75) is 68.5 Å². The molecule has 5 nitrogen and oxygen atoms in total. The van der Waals surface area contributed by atoms with E-state index in [1.165, 1.54) is 11.1 Å². The minimum absolute atomic E-state index is 0.000719. The van der Waals surface area contributed by atoms with Gasteiger partial charge in [0.2, 0.25) is 0 Å². The van der Waals surface area contributed by atoms with Crippen molar-refractivity contribution in [1.29, 1.82) is 0 Å². The number of aliphatic hydroxyl groups is 2. The monoisotopic (exact) mass is 345 g/mol. The minimum atomic E-state index is -0.787. The van der Waals surface area contributed by atoms with Gasteiger partial charge in [0.25, 0.3) is 0 Å². The molecule has 1 aromatic carbocycles. The maximum Gasteiger partial charge on any atom is 0.137 e. The van der Waals surface area contributed by atoms with Crippen molar-refractivity contribution in [3.8, 4) is 5.75 Å². The molecule has 1 aromatic rings. The van der Waals surface area contributed by atoms with Crippen LogP contribution in [0.1, 0.15) is 42.9 Å². The summed E-state index contributed by atoms with van der Waals surface area (Å²) in [6.07, 6.45) is 3.12. The molecule has 1 saturated heterocycles. The van der Waals surface area contributed by atoms with E-state index in [4.69, 9.17) is 9.47 Å². The van der Waals surface area contributed by atoms with Gasteiger partial charge >= 0.3 is 0 Å². The van der Waals surface area contributed by atoms with Gasteiger partial charge in [0.1, 0.15) is 11.9 Å². The molecular formula is C20H27NO4. The predicted octanol–water partition coefficient (Wildman–Crippen LogP) is 1.37. The number of hydrogen-bond acceptors (Lipinski definition) is 5. The number of benzene rings is 1. The van der Waals surface area contributed by atoms with E-state index >= 15 is 0 Å². The summed E-state index contributed by atoms with van der Waals surface area (Å²) in [5.41, 5.74) is 2.08. The maximum absolute atomic E-state index is 12.0. The van der Waals surface area contributed by atoms with Gasteiger partial charge in [-0.15, -0.1) is 0 Å². The zero-order valence-corrected chi connectivity index (χ0v) is 15.0. The third-order valence-corrected chi connectivity index (χ3v) is 7.33. The second kappa shape index (κ2) is 5.19. The topological polar surface area (TPSA) is 62.2 Å². The second-order valence-electron chi connectivity index (χ2n) is 8.16. The summed E-state index contributed by atoms with van der Waals surface area (Å²) in [5, 5.41) is 21.8. The molecule has 2 N–H and O–H groups in total. The molecule has 5 rings (SSSR count). The number of aliphatic hydroxyl groups excluding tert-OH is 1. The summed E-state index contributed by atoms with van der Waals surface area (Å²) in [7, 11) is 2.13. The largest absolute Gasteiger partial charge is 0.486 e. The SMILES string of the molecule is CCO[C@H]1CC[C@@]2(O)C3Cc4ccc(CO)c5c4[C@@]2(CCN3C)C1O5. The first kappa shape index (κ1) is 16.1. The van der Waals surface area contributed by atoms with Crippen molar-refractivity contribution in [2.24, 2.45) is 0 Å². The molecule has 5 atom stereocenters. The Balaban J connectivity index is 1.77. The van der Waals surface area contributed by atoms with Crippen molar-refractivity contribution >= 4 is 0 Å². The Morgan fingerprint density at radius 2 is 2.20 bits per heavy atom. The lowest BCUT2D eigenvalue weighted by atomic mass is 9.48. The molecule has 2 aliphatic carbocycles. The van der Waals surface area contributed by atoms with E-state index in [1.54, 1.807) is 0 Å². The lowest BCUT2D eigenvalue weighted by Gasteiger charge is -2.63. The van der Waals surface area contributed by atoms with Crippen LogP contribution >= 0.6 is 0 Å². The first-order valence-corrected chi connectivity index (χ1v) is 9.53. The summed E-state index contributed by atoms with van der Waals surface area (Å²) in [5.74, 6) is 0.818. The fourth-order valence-electron chi connectivity index (χ4n) is 6.29. The van der Waals surface area contributed by atoms with Crippen molar-refractivity contribution in [2.75, 3.05) is 20.2 Å². The zero-order valence-electron chi connectivity index (χ0n) is 15.0. The summed E-state index contributed by atoms with van der Waals surface area (Å²) in [4.78, 5) is 2.32. The number of hydrogen-bond donors (Lipinski definition) is 2. The van der Waals surface area contributed by atoms with E-state index in [0.717, 1.165) is 43.5 Å². The second-order valence-corrected chi connectivity index (χ2v) is 8.16. The van der Waals surface area contributed by atoms with Crippen LogP contribution in [0.4, 0.5) is 0 Å². The van der Waals surface area contributed by atoms with E-state index < -0.39 is 11.0 Å². The van der Waals surface area contributed by atoms with E-state index in [2.05, 4.69) is 18.0 Å². The number of likely N-dealkylation sites (tertiary alicyclic amines) is 1. The lowest BCUT2D eigenvalue weighted by Crippen LogP contribution is -2.76. The first-order valence-electron chi connectivity index (χ1n) is 9.53. The maximum atomic E-state index is 12.0. The average Bonchev–Trinajstić information content (AvgIpc) is 2.96. The average molecular weight is 345 g/mol. The molecule has 1 spiro atoms. The fraction of sp³-hybridized carbons (Fsp3) is 0.700. The van der Waals surface area contributed by atoms with Crippen LogP contribution in [0, 0.1) is 0 Å². The molecule has 0 amide bonds. The summed E-state index contributed by atoms with van der Waals surface area (Å²) in [6, 6.07) is 4.24. The lowest BCUT2D eigenvalue weighted by molar-refractivity contribution is -0.211. The van der Waals surface area contributed by atoms with Crippen LogP contribution in [0.3, 0.4) is 0 Å². The van der Waals surface area contributed by atoms with Crippen LogP contribution in [0.5, 0.6) is 5.75 Å². The highest BCUT2D eigenvalue weighted by Crippen LogP contribution is 2.64. The smallest absolute Gasteiger partial charge is 0.137 e. The Kier molecular flexibility index (Phi) is 3.34. The molecule has 2 bridgehead atoms. The predicted molar refractivity (Wildman–Crippen MR) is 92.8 cm³/mol. The number of piperidine rings is 1. The number of nitrogens with zero attached hydrogens (tertiary/aromatic N) is 1. The van der Waals surface area contributed by atoms with E-state index in [0.29, 0.717) is 6.61 Å². The Hall–Kier alpha value is -1.14. The number of likely N-dealkylation sites (N-methyl/N-ethyl adjacent to an activating group) is 1. The molecule has 4 aliphatic rings. The molecule has 0 aromatic heterocycles. The molecule has 0 radical (unpaired) electrons. The van der Waals surface area contributed by atoms with Crippen LogP contribution < -0.4 is 4.74 Å². The molecule has 1 saturated carbocycles. The van der Waals surface area contributed by atoms with Gasteiger partial charge in [-0.2, -0.15) is 0 Å². The van der Waals surface area contributed by atoms with Crippen molar-refractivity contribution in [3.05, 3.63) is 28.8 Å². The van der Waals surface area contributed by atoms with Crippen LogP contribution in [-0.4, -0.2) is 59.2 Å². The van der Waals surface area contributed by atoms with Gasteiger partial charge in [-0.25, -0.2) is 0 Å². The Morgan fingerprint density at radius 3 is 2.96 bits per heavy atom. The van der Waals surface area contributed by atoms with Crippen molar-refractivity contribution in [3.63, 3.8) is 0 Å². The molecule has 2 fully saturated rings. The highest BCUT2D eigenvalue weighted by molar-refractivity contribution is 5.60. The van der Waals surface area contributed by atoms with Gasteiger partial charge in [-0.1, -0.05) is 12.1 Å². The van der Waals surface area contributed by atoms with Gasteiger partial charge in [-0.3, -0.25) is 0 Å². The third-order valence-electron chi connectivity index (χ3n) is 7.33. The first-order chi connectivity index (χ1) is 12.1. The van der Waals surface area contributed by atoms with Crippen LogP contribution in [0.2, 0.25) is 0 Å². The quantitative estimate of drug-likeness (QED) is 0.866. The minimum Gasteiger partial charge on any atom is -0.486 e. The molecule has 136 valence electrons. The molecule has 2 heterocycles. The van der Waals surface area contributed by atoms with Gasteiger partial charge in [-0.05, 0) is 51.8 Å². The molecular weight excluding hydrogens is 318 g/mol. The van der Waals surface area contributed by atoms with E-state index in [9.17, 15) is 10.2 Å². The number of ether oxygens (including phenoxy) is 2. The summed E-state index contributed by atoms with van der Waals surface area (Å²) >= 11 is 0. The normalized spacial score (nSPS) is 41.4. The van der Waals surface area contributed by atoms with Crippen LogP contribution in [0.15, 0.2) is 12.1 Å². The van der Waals surface area contributed by atoms with E-state index in [-0.39, 0.29) is 24.9 Å². The summed E-state index contributed by atoms with van der Waals surface area (Å²) in [6.45, 7) is 3.59. The Labute approximate surface area is 148 Å². The number of rotatable bonds is 3. The van der Waals surface area contributed by atoms with Gasteiger partial charge in [0.05, 0.1) is 23.7 Å². The Bertz CT molecular complexity index is 722. The van der Waals surface area contributed by atoms with E-state index in [1.807, 2.05) is 13.0 Å². The van der Waals surface area contributed by atoms with Crippen molar-refractivity contribution in [1.82, 2.24) is 4.90 Å². The standard InChI is InChI=1S/C20H27NO4/c1-3-24-14-6-7-20(23)15-10-12-4-5-13(11-22)17-16(12)19(20,18(14)25-17)8-9-21(15)2/h4-5,14-15,18,22-23H,3,6-11H2,1-2H3/t14-,15?,18?,19-,20+/m0/s1. The zero-order chi connectivity index (χ0) is 17.4. The van der Waals surface area contributed by atoms with Crippen LogP contribution in [-0.2, 0) is 23.2 Å².